The zero-order chi connectivity index (χ0) is 16.5. The Labute approximate surface area is 139 Å². The van der Waals surface area contributed by atoms with Crippen molar-refractivity contribution in [2.45, 2.75) is 18.5 Å². The Bertz CT molecular complexity index is 860. The highest BCUT2D eigenvalue weighted by Gasteiger charge is 2.33. The summed E-state index contributed by atoms with van der Waals surface area (Å²) in [5.41, 5.74) is 9.13. The van der Waals surface area contributed by atoms with Gasteiger partial charge in [-0.1, -0.05) is 47.7 Å². The quantitative estimate of drug-likeness (QED) is 0.791. The van der Waals surface area contributed by atoms with Gasteiger partial charge in [0.25, 0.3) is 0 Å². The van der Waals surface area contributed by atoms with Crippen molar-refractivity contribution in [3.05, 3.63) is 60.2 Å². The van der Waals surface area contributed by atoms with Crippen LogP contribution >= 0.6 is 0 Å². The molecule has 1 amide bonds. The van der Waals surface area contributed by atoms with E-state index in [0.717, 1.165) is 11.0 Å². The van der Waals surface area contributed by atoms with E-state index >= 15 is 0 Å². The third-order valence-electron chi connectivity index (χ3n) is 4.65. The van der Waals surface area contributed by atoms with E-state index in [1.807, 2.05) is 47.4 Å². The van der Waals surface area contributed by atoms with Crippen LogP contribution in [0.1, 0.15) is 11.5 Å². The summed E-state index contributed by atoms with van der Waals surface area (Å²) in [5, 5.41) is 8.18. The minimum Gasteiger partial charge on any atom is -0.339 e. The monoisotopic (exact) mass is 321 g/mol. The minimum absolute atomic E-state index is 0.0273. The number of carbonyl (C=O) groups is 1. The molecule has 2 aromatic carbocycles. The normalized spacial score (nSPS) is 20.6. The van der Waals surface area contributed by atoms with Gasteiger partial charge >= 0.3 is 0 Å². The van der Waals surface area contributed by atoms with E-state index < -0.39 is 0 Å². The number of benzene rings is 2. The third-order valence-corrected chi connectivity index (χ3v) is 4.65. The van der Waals surface area contributed by atoms with Crippen LogP contribution in [0.4, 0.5) is 0 Å². The molecule has 122 valence electrons. The molecule has 6 nitrogen and oxygen atoms in total. The van der Waals surface area contributed by atoms with Crippen LogP contribution in [0.5, 0.6) is 0 Å². The summed E-state index contributed by atoms with van der Waals surface area (Å²) in [7, 11) is 0. The molecule has 0 bridgehead atoms. The Morgan fingerprint density at radius 3 is 2.67 bits per heavy atom. The second-order valence-corrected chi connectivity index (χ2v) is 6.22. The molecule has 1 aliphatic rings. The van der Waals surface area contributed by atoms with Gasteiger partial charge in [-0.2, -0.15) is 0 Å². The van der Waals surface area contributed by atoms with Crippen molar-refractivity contribution in [3.8, 4) is 0 Å². The van der Waals surface area contributed by atoms with Crippen molar-refractivity contribution in [3.63, 3.8) is 0 Å². The van der Waals surface area contributed by atoms with Crippen molar-refractivity contribution < 1.29 is 4.79 Å². The Morgan fingerprint density at radius 2 is 1.83 bits per heavy atom. The van der Waals surface area contributed by atoms with Crippen LogP contribution in [-0.4, -0.2) is 44.9 Å². The average molecular weight is 321 g/mol. The number of hydrogen-bond acceptors (Lipinski definition) is 4. The van der Waals surface area contributed by atoms with Gasteiger partial charge in [-0.25, -0.2) is 4.68 Å². The number of likely N-dealkylation sites (tertiary alicyclic amines) is 1. The third kappa shape index (κ3) is 2.65. The molecule has 24 heavy (non-hydrogen) atoms. The van der Waals surface area contributed by atoms with Crippen LogP contribution in [0.15, 0.2) is 54.6 Å². The fourth-order valence-corrected chi connectivity index (χ4v) is 3.35. The zero-order valence-electron chi connectivity index (χ0n) is 13.2. The van der Waals surface area contributed by atoms with E-state index in [2.05, 4.69) is 22.4 Å². The lowest BCUT2D eigenvalue weighted by molar-refractivity contribution is -0.131. The molecule has 6 heteroatoms. The lowest BCUT2D eigenvalue weighted by atomic mass is 9.95. The van der Waals surface area contributed by atoms with Crippen LogP contribution in [-0.2, 0) is 11.3 Å². The maximum absolute atomic E-state index is 12.7. The highest BCUT2D eigenvalue weighted by Crippen LogP contribution is 2.26. The van der Waals surface area contributed by atoms with Crippen LogP contribution < -0.4 is 5.73 Å². The Morgan fingerprint density at radius 1 is 1.08 bits per heavy atom. The Hall–Kier alpha value is -2.73. The summed E-state index contributed by atoms with van der Waals surface area (Å²) >= 11 is 0. The molecule has 0 spiro atoms. The van der Waals surface area contributed by atoms with Gasteiger partial charge in [-0.15, -0.1) is 5.10 Å². The SMILES string of the molecule is N[C@@H]1CN(C(=O)Cn2nnc3ccccc32)C[C@H]1c1ccccc1. The molecule has 1 aliphatic heterocycles. The number of aromatic nitrogens is 3. The number of hydrogen-bond donors (Lipinski definition) is 1. The highest BCUT2D eigenvalue weighted by molar-refractivity contribution is 5.80. The van der Waals surface area contributed by atoms with Crippen LogP contribution in [0.2, 0.25) is 0 Å². The smallest absolute Gasteiger partial charge is 0.244 e. The minimum atomic E-state index is -0.0381. The molecule has 0 radical (unpaired) electrons. The van der Waals surface area contributed by atoms with Gasteiger partial charge in [0, 0.05) is 25.0 Å². The van der Waals surface area contributed by atoms with Gasteiger partial charge in [0.2, 0.25) is 5.91 Å². The Balaban J connectivity index is 1.49. The van der Waals surface area contributed by atoms with Crippen LogP contribution in [0.25, 0.3) is 11.0 Å². The second kappa shape index (κ2) is 6.05. The number of para-hydroxylation sites is 1. The largest absolute Gasteiger partial charge is 0.339 e. The molecule has 1 saturated heterocycles. The molecule has 2 N–H and O–H groups in total. The first kappa shape index (κ1) is 14.8. The van der Waals surface area contributed by atoms with E-state index in [9.17, 15) is 4.79 Å². The first-order valence-electron chi connectivity index (χ1n) is 8.09. The highest BCUT2D eigenvalue weighted by atomic mass is 16.2. The van der Waals surface area contributed by atoms with E-state index in [-0.39, 0.29) is 24.4 Å². The fourth-order valence-electron chi connectivity index (χ4n) is 3.35. The van der Waals surface area contributed by atoms with Gasteiger partial charge < -0.3 is 10.6 Å². The van der Waals surface area contributed by atoms with Crippen molar-refractivity contribution in [2.24, 2.45) is 5.73 Å². The number of amides is 1. The second-order valence-electron chi connectivity index (χ2n) is 6.22. The molecular weight excluding hydrogens is 302 g/mol. The summed E-state index contributed by atoms with van der Waals surface area (Å²) in [6, 6.07) is 17.8. The zero-order valence-corrected chi connectivity index (χ0v) is 13.2. The topological polar surface area (TPSA) is 77.0 Å². The van der Waals surface area contributed by atoms with Gasteiger partial charge in [0.15, 0.2) is 0 Å². The number of carbonyl (C=O) groups excluding carboxylic acids is 1. The predicted octanol–water partition coefficient (Wildman–Crippen LogP) is 1.38. The molecular formula is C18H19N5O. The number of fused-ring (bicyclic) bond motifs is 1. The predicted molar refractivity (Wildman–Crippen MR) is 91.3 cm³/mol. The van der Waals surface area contributed by atoms with Gasteiger partial charge in [0.05, 0.1) is 5.52 Å². The molecule has 1 aromatic heterocycles. The van der Waals surface area contributed by atoms with Crippen LogP contribution in [0, 0.1) is 0 Å². The first-order chi connectivity index (χ1) is 11.7. The van der Waals surface area contributed by atoms with E-state index in [1.54, 1.807) is 4.68 Å². The number of nitrogens with two attached hydrogens (primary N) is 1. The van der Waals surface area contributed by atoms with Crippen LogP contribution in [0.3, 0.4) is 0 Å². The fraction of sp³-hybridized carbons (Fsp3) is 0.278. The van der Waals surface area contributed by atoms with Crippen molar-refractivity contribution in [2.75, 3.05) is 13.1 Å². The van der Waals surface area contributed by atoms with Gasteiger partial charge in [0.1, 0.15) is 12.1 Å². The lowest BCUT2D eigenvalue weighted by Gasteiger charge is -2.16. The number of nitrogens with zero attached hydrogens (tertiary/aromatic N) is 4. The molecule has 0 unspecified atom stereocenters. The summed E-state index contributed by atoms with van der Waals surface area (Å²) < 4.78 is 1.65. The summed E-state index contributed by atoms with van der Waals surface area (Å²) in [5.74, 6) is 0.210. The van der Waals surface area contributed by atoms with Gasteiger partial charge in [-0.3, -0.25) is 4.79 Å². The Kier molecular flexibility index (Phi) is 3.74. The summed E-state index contributed by atoms with van der Waals surface area (Å²) in [6.07, 6.45) is 0. The van der Waals surface area contributed by atoms with E-state index in [0.29, 0.717) is 13.1 Å². The summed E-state index contributed by atoms with van der Waals surface area (Å²) in [4.78, 5) is 14.5. The molecule has 1 fully saturated rings. The van der Waals surface area contributed by atoms with Crippen molar-refractivity contribution in [1.82, 2.24) is 19.9 Å². The summed E-state index contributed by atoms with van der Waals surface area (Å²) in [6.45, 7) is 1.41. The van der Waals surface area contributed by atoms with E-state index in [1.165, 1.54) is 5.56 Å². The maximum atomic E-state index is 12.7. The number of rotatable bonds is 3. The van der Waals surface area contributed by atoms with Gasteiger partial charge in [-0.05, 0) is 17.7 Å². The molecule has 0 aliphatic carbocycles. The molecule has 3 aromatic rings. The standard InChI is InChI=1S/C18H19N5O/c19-15-11-22(10-14(15)13-6-2-1-3-7-13)18(24)12-23-17-9-5-4-8-16(17)20-21-23/h1-9,14-15H,10-12,19H2/t14-,15+/m0/s1. The van der Waals surface area contributed by atoms with Crippen molar-refractivity contribution >= 4 is 16.9 Å². The van der Waals surface area contributed by atoms with Crippen molar-refractivity contribution in [1.29, 1.82) is 0 Å². The molecule has 0 saturated carbocycles. The average Bonchev–Trinajstić information content (AvgIpc) is 3.20. The molecule has 2 atom stereocenters. The van der Waals surface area contributed by atoms with E-state index in [4.69, 9.17) is 5.73 Å². The molecule has 4 rings (SSSR count). The maximum Gasteiger partial charge on any atom is 0.244 e. The lowest BCUT2D eigenvalue weighted by Crippen LogP contribution is -2.34. The molecule has 2 heterocycles. The first-order valence-corrected chi connectivity index (χ1v) is 8.09.